The van der Waals surface area contributed by atoms with E-state index in [-0.39, 0.29) is 0 Å². The maximum Gasteiger partial charge on any atom is 0.0833 e. The zero-order valence-electron chi connectivity index (χ0n) is 6.80. The Hall–Kier alpha value is -0.0800. The molecule has 2 heteroatoms. The Labute approximate surface area is 62.5 Å². The number of methoxy groups -OCH3 is 1. The van der Waals surface area contributed by atoms with Gasteiger partial charge in [-0.25, -0.2) is 0 Å². The molecule has 0 aromatic rings. The Kier molecular flexibility index (Phi) is 3.16. The summed E-state index contributed by atoms with van der Waals surface area (Å²) in [6.45, 7) is 3.91. The van der Waals surface area contributed by atoms with Crippen molar-refractivity contribution in [2.24, 2.45) is 5.92 Å². The lowest BCUT2D eigenvalue weighted by atomic mass is 9.95. The highest BCUT2D eigenvalue weighted by Gasteiger charge is 2.23. The van der Waals surface area contributed by atoms with Crippen LogP contribution in [0.25, 0.3) is 0 Å². The van der Waals surface area contributed by atoms with Gasteiger partial charge in [0.15, 0.2) is 0 Å². The highest BCUT2D eigenvalue weighted by molar-refractivity contribution is 4.72. The molecule has 2 unspecified atom stereocenters. The van der Waals surface area contributed by atoms with E-state index in [2.05, 4.69) is 6.92 Å². The summed E-state index contributed by atoms with van der Waals surface area (Å²) in [5.74, 6) is 0.721. The predicted octanol–water partition coefficient (Wildman–Crippen LogP) is 1.45. The van der Waals surface area contributed by atoms with Gasteiger partial charge in [-0.3, -0.25) is 0 Å². The molecule has 0 aromatic carbocycles. The van der Waals surface area contributed by atoms with Crippen LogP contribution in [0, 0.1) is 5.92 Å². The summed E-state index contributed by atoms with van der Waals surface area (Å²) in [5.41, 5.74) is 0. The first kappa shape index (κ1) is 8.02. The van der Waals surface area contributed by atoms with Crippen molar-refractivity contribution in [1.29, 1.82) is 0 Å². The van der Waals surface area contributed by atoms with Gasteiger partial charge in [-0.15, -0.1) is 0 Å². The van der Waals surface area contributed by atoms with Gasteiger partial charge in [0.1, 0.15) is 0 Å². The second-order valence-corrected chi connectivity index (χ2v) is 2.81. The van der Waals surface area contributed by atoms with Crippen molar-refractivity contribution < 1.29 is 9.47 Å². The average Bonchev–Trinajstić information content (AvgIpc) is 2.04. The molecule has 1 fully saturated rings. The van der Waals surface area contributed by atoms with E-state index in [0.717, 1.165) is 25.6 Å². The predicted molar refractivity (Wildman–Crippen MR) is 40.0 cm³/mol. The van der Waals surface area contributed by atoms with Crippen LogP contribution in [-0.2, 0) is 9.47 Å². The van der Waals surface area contributed by atoms with Crippen LogP contribution in [0.15, 0.2) is 0 Å². The van der Waals surface area contributed by atoms with Crippen LogP contribution < -0.4 is 0 Å². The molecule has 60 valence electrons. The molecule has 2 nitrogen and oxygen atoms in total. The third-order valence-corrected chi connectivity index (χ3v) is 2.27. The van der Waals surface area contributed by atoms with E-state index in [0.29, 0.717) is 6.10 Å². The SMILES string of the molecule is CCC1CCOCC1OC. The lowest BCUT2D eigenvalue weighted by Crippen LogP contribution is -2.33. The Balaban J connectivity index is 2.34. The van der Waals surface area contributed by atoms with Crippen molar-refractivity contribution >= 4 is 0 Å². The molecule has 1 aliphatic heterocycles. The molecule has 0 amide bonds. The molecule has 0 saturated carbocycles. The maximum absolute atomic E-state index is 5.28. The summed E-state index contributed by atoms with van der Waals surface area (Å²) in [4.78, 5) is 0. The molecular weight excluding hydrogens is 128 g/mol. The lowest BCUT2D eigenvalue weighted by molar-refractivity contribution is -0.0660. The van der Waals surface area contributed by atoms with Gasteiger partial charge >= 0.3 is 0 Å². The zero-order valence-corrected chi connectivity index (χ0v) is 6.80. The first-order valence-corrected chi connectivity index (χ1v) is 3.99. The first-order chi connectivity index (χ1) is 4.88. The maximum atomic E-state index is 5.28. The highest BCUT2D eigenvalue weighted by atomic mass is 16.5. The molecule has 1 saturated heterocycles. The molecule has 0 bridgehead atoms. The van der Waals surface area contributed by atoms with Crippen molar-refractivity contribution in [3.8, 4) is 0 Å². The van der Waals surface area contributed by atoms with Crippen molar-refractivity contribution in [2.45, 2.75) is 25.9 Å². The highest BCUT2D eigenvalue weighted by Crippen LogP contribution is 2.20. The normalized spacial score (nSPS) is 34.2. The Bertz CT molecular complexity index is 81.3. The zero-order chi connectivity index (χ0) is 7.40. The third-order valence-electron chi connectivity index (χ3n) is 2.27. The Morgan fingerprint density at radius 3 is 2.90 bits per heavy atom. The van der Waals surface area contributed by atoms with Gasteiger partial charge in [0.25, 0.3) is 0 Å². The fraction of sp³-hybridized carbons (Fsp3) is 1.00. The van der Waals surface area contributed by atoms with Crippen LogP contribution in [0.2, 0.25) is 0 Å². The van der Waals surface area contributed by atoms with Crippen LogP contribution in [0.4, 0.5) is 0 Å². The largest absolute Gasteiger partial charge is 0.379 e. The molecule has 1 aliphatic rings. The van der Waals surface area contributed by atoms with E-state index in [4.69, 9.17) is 9.47 Å². The van der Waals surface area contributed by atoms with Gasteiger partial charge < -0.3 is 9.47 Å². The summed E-state index contributed by atoms with van der Waals surface area (Å²) in [6.07, 6.45) is 2.72. The smallest absolute Gasteiger partial charge is 0.0833 e. The molecular formula is C8H16O2. The van der Waals surface area contributed by atoms with Crippen molar-refractivity contribution in [3.05, 3.63) is 0 Å². The van der Waals surface area contributed by atoms with Gasteiger partial charge in [-0.2, -0.15) is 0 Å². The lowest BCUT2D eigenvalue weighted by Gasteiger charge is -2.29. The van der Waals surface area contributed by atoms with E-state index in [1.54, 1.807) is 7.11 Å². The van der Waals surface area contributed by atoms with Crippen molar-refractivity contribution in [2.75, 3.05) is 20.3 Å². The van der Waals surface area contributed by atoms with E-state index < -0.39 is 0 Å². The van der Waals surface area contributed by atoms with Gasteiger partial charge in [0.05, 0.1) is 12.7 Å². The number of hydrogen-bond acceptors (Lipinski definition) is 2. The van der Waals surface area contributed by atoms with Crippen LogP contribution in [0.3, 0.4) is 0 Å². The van der Waals surface area contributed by atoms with Gasteiger partial charge in [0.2, 0.25) is 0 Å². The minimum absolute atomic E-state index is 0.346. The number of ether oxygens (including phenoxy) is 2. The summed E-state index contributed by atoms with van der Waals surface area (Å²) in [6, 6.07) is 0. The van der Waals surface area contributed by atoms with Gasteiger partial charge in [-0.1, -0.05) is 13.3 Å². The summed E-state index contributed by atoms with van der Waals surface area (Å²) >= 11 is 0. The molecule has 0 spiro atoms. The summed E-state index contributed by atoms with van der Waals surface area (Å²) in [7, 11) is 1.77. The molecule has 0 radical (unpaired) electrons. The number of rotatable bonds is 2. The Morgan fingerprint density at radius 1 is 1.60 bits per heavy atom. The molecule has 1 heterocycles. The minimum Gasteiger partial charge on any atom is -0.379 e. The Morgan fingerprint density at radius 2 is 2.40 bits per heavy atom. The molecule has 2 atom stereocenters. The molecule has 10 heavy (non-hydrogen) atoms. The van der Waals surface area contributed by atoms with Crippen molar-refractivity contribution in [1.82, 2.24) is 0 Å². The fourth-order valence-corrected chi connectivity index (χ4v) is 1.48. The third kappa shape index (κ3) is 1.70. The van der Waals surface area contributed by atoms with Crippen LogP contribution in [-0.4, -0.2) is 26.4 Å². The standard InChI is InChI=1S/C8H16O2/c1-3-7-4-5-10-6-8(7)9-2/h7-8H,3-6H2,1-2H3. The van der Waals surface area contributed by atoms with Crippen LogP contribution in [0.5, 0.6) is 0 Å². The molecule has 1 rings (SSSR count). The second-order valence-electron chi connectivity index (χ2n) is 2.81. The van der Waals surface area contributed by atoms with E-state index >= 15 is 0 Å². The second kappa shape index (κ2) is 3.94. The summed E-state index contributed by atoms with van der Waals surface area (Å²) in [5, 5.41) is 0. The van der Waals surface area contributed by atoms with Crippen LogP contribution in [0.1, 0.15) is 19.8 Å². The van der Waals surface area contributed by atoms with E-state index in [1.807, 2.05) is 0 Å². The molecule has 0 aliphatic carbocycles. The van der Waals surface area contributed by atoms with E-state index in [1.165, 1.54) is 6.42 Å². The topological polar surface area (TPSA) is 18.5 Å². The van der Waals surface area contributed by atoms with Crippen LogP contribution >= 0.6 is 0 Å². The fourth-order valence-electron chi connectivity index (χ4n) is 1.48. The summed E-state index contributed by atoms with van der Waals surface area (Å²) < 4.78 is 10.5. The molecule has 0 N–H and O–H groups in total. The first-order valence-electron chi connectivity index (χ1n) is 3.99. The van der Waals surface area contributed by atoms with E-state index in [9.17, 15) is 0 Å². The van der Waals surface area contributed by atoms with Gasteiger partial charge in [-0.05, 0) is 12.3 Å². The molecule has 0 aromatic heterocycles. The van der Waals surface area contributed by atoms with Gasteiger partial charge in [0, 0.05) is 13.7 Å². The minimum atomic E-state index is 0.346. The number of hydrogen-bond donors (Lipinski definition) is 0. The monoisotopic (exact) mass is 144 g/mol. The quantitative estimate of drug-likeness (QED) is 0.584. The average molecular weight is 144 g/mol. The van der Waals surface area contributed by atoms with Crippen molar-refractivity contribution in [3.63, 3.8) is 0 Å².